The van der Waals surface area contributed by atoms with Crippen molar-refractivity contribution in [3.05, 3.63) is 48.8 Å². The minimum atomic E-state index is -3.69. The topological polar surface area (TPSA) is 126 Å². The first kappa shape index (κ1) is 19.2. The minimum Gasteiger partial charge on any atom is -0.456 e. The first-order valence-electron chi connectivity index (χ1n) is 9.22. The molecule has 2 heterocycles. The van der Waals surface area contributed by atoms with Crippen molar-refractivity contribution in [2.45, 2.75) is 30.6 Å². The molecule has 0 spiro atoms. The average molecular weight is 416 g/mol. The van der Waals surface area contributed by atoms with Crippen LogP contribution in [0, 0.1) is 5.92 Å². The number of benzene rings is 1. The first-order valence-corrected chi connectivity index (χ1v) is 10.8. The third kappa shape index (κ3) is 4.32. The zero-order valence-electron chi connectivity index (χ0n) is 15.4. The van der Waals surface area contributed by atoms with Crippen molar-refractivity contribution in [1.82, 2.24) is 15.6 Å². The van der Waals surface area contributed by atoms with Crippen molar-refractivity contribution >= 4 is 27.6 Å². The number of rotatable bonds is 5. The molecule has 1 aromatic heterocycles. The van der Waals surface area contributed by atoms with Gasteiger partial charge in [-0.25, -0.2) is 13.2 Å². The van der Waals surface area contributed by atoms with Crippen LogP contribution in [0.15, 0.2) is 48.8 Å². The fraction of sp³-hybridized carbons (Fsp3) is 0.316. The predicted octanol–water partition coefficient (Wildman–Crippen LogP) is 1.99. The molecule has 4 rings (SSSR count). The summed E-state index contributed by atoms with van der Waals surface area (Å²) in [6.45, 7) is 0. The van der Waals surface area contributed by atoms with Gasteiger partial charge in [0.2, 0.25) is 15.9 Å². The van der Waals surface area contributed by atoms with E-state index in [4.69, 9.17) is 4.74 Å². The molecule has 1 aromatic carbocycles. The van der Waals surface area contributed by atoms with Gasteiger partial charge in [0.25, 0.3) is 0 Å². The van der Waals surface area contributed by atoms with E-state index in [2.05, 4.69) is 20.3 Å². The van der Waals surface area contributed by atoms with Crippen LogP contribution in [-0.4, -0.2) is 36.6 Å². The average Bonchev–Trinajstić information content (AvgIpc) is 2.70. The lowest BCUT2D eigenvalue weighted by molar-refractivity contribution is -0.126. The number of hydrogen-bond acceptors (Lipinski definition) is 6. The van der Waals surface area contributed by atoms with Crippen LogP contribution in [-0.2, 0) is 14.8 Å². The van der Waals surface area contributed by atoms with E-state index >= 15 is 0 Å². The number of ether oxygens (including phenoxy) is 1. The zero-order chi connectivity index (χ0) is 20.4. The van der Waals surface area contributed by atoms with E-state index in [1.807, 2.05) is 0 Å². The molecule has 10 heteroatoms. The van der Waals surface area contributed by atoms with Gasteiger partial charge in [-0.2, -0.15) is 0 Å². The second kappa shape index (κ2) is 7.70. The van der Waals surface area contributed by atoms with Crippen LogP contribution in [0.4, 0.5) is 10.5 Å². The number of sulfonamides is 1. The van der Waals surface area contributed by atoms with Crippen LogP contribution < -0.4 is 20.1 Å². The smallest absolute Gasteiger partial charge is 0.321 e. The van der Waals surface area contributed by atoms with Crippen molar-refractivity contribution in [3.63, 3.8) is 0 Å². The van der Waals surface area contributed by atoms with Crippen molar-refractivity contribution in [3.8, 4) is 11.5 Å². The third-order valence-corrected chi connectivity index (χ3v) is 6.94. The highest BCUT2D eigenvalue weighted by Crippen LogP contribution is 2.32. The molecule has 0 radical (unpaired) electrons. The van der Waals surface area contributed by atoms with E-state index < -0.39 is 33.1 Å². The normalized spacial score (nSPS) is 24.1. The molecule has 0 bridgehead atoms. The lowest BCUT2D eigenvalue weighted by Crippen LogP contribution is -2.60. The van der Waals surface area contributed by atoms with Gasteiger partial charge in [-0.1, -0.05) is 0 Å². The van der Waals surface area contributed by atoms with Gasteiger partial charge in [-0.05, 0) is 55.7 Å². The monoisotopic (exact) mass is 416 g/mol. The van der Waals surface area contributed by atoms with Crippen LogP contribution in [0.3, 0.4) is 0 Å². The van der Waals surface area contributed by atoms with Gasteiger partial charge in [-0.15, -0.1) is 0 Å². The predicted molar refractivity (Wildman–Crippen MR) is 105 cm³/mol. The van der Waals surface area contributed by atoms with Gasteiger partial charge in [0, 0.05) is 17.9 Å². The van der Waals surface area contributed by atoms with Crippen LogP contribution in [0.2, 0.25) is 0 Å². The highest BCUT2D eigenvalue weighted by Gasteiger charge is 2.43. The molecule has 152 valence electrons. The number of amides is 3. The van der Waals surface area contributed by atoms with Gasteiger partial charge >= 0.3 is 6.03 Å². The summed E-state index contributed by atoms with van der Waals surface area (Å²) in [5, 5.41) is 4.18. The summed E-state index contributed by atoms with van der Waals surface area (Å²) in [4.78, 5) is 27.4. The summed E-state index contributed by atoms with van der Waals surface area (Å²) in [5.74, 6) is 0.167. The number of nitrogens with one attached hydrogen (secondary N) is 3. The molecular formula is C19H20N4O5S. The van der Waals surface area contributed by atoms with E-state index in [9.17, 15) is 18.0 Å². The summed E-state index contributed by atoms with van der Waals surface area (Å²) >= 11 is 0. The maximum absolute atomic E-state index is 12.8. The highest BCUT2D eigenvalue weighted by molar-refractivity contribution is 7.93. The molecule has 9 nitrogen and oxygen atoms in total. The van der Waals surface area contributed by atoms with Crippen LogP contribution in [0.5, 0.6) is 11.5 Å². The van der Waals surface area contributed by atoms with Crippen molar-refractivity contribution < 1.29 is 22.7 Å². The summed E-state index contributed by atoms with van der Waals surface area (Å²) in [7, 11) is -3.69. The minimum absolute atomic E-state index is 0.161. The van der Waals surface area contributed by atoms with Crippen LogP contribution in [0.1, 0.15) is 19.3 Å². The molecule has 29 heavy (non-hydrogen) atoms. The molecule has 1 aliphatic carbocycles. The van der Waals surface area contributed by atoms with E-state index in [-0.39, 0.29) is 12.5 Å². The Morgan fingerprint density at radius 1 is 1.07 bits per heavy atom. The van der Waals surface area contributed by atoms with Gasteiger partial charge in [0.05, 0.1) is 17.4 Å². The van der Waals surface area contributed by atoms with E-state index in [0.717, 1.165) is 0 Å². The van der Waals surface area contributed by atoms with Crippen LogP contribution in [0.25, 0.3) is 0 Å². The largest absolute Gasteiger partial charge is 0.456 e. The Morgan fingerprint density at radius 2 is 1.86 bits per heavy atom. The van der Waals surface area contributed by atoms with Crippen molar-refractivity contribution in [1.29, 1.82) is 0 Å². The highest BCUT2D eigenvalue weighted by atomic mass is 32.2. The van der Waals surface area contributed by atoms with Gasteiger partial charge in [-0.3, -0.25) is 19.8 Å². The number of hydrogen-bond donors (Lipinski definition) is 3. The number of fused-ring (bicyclic) bond motifs is 1. The third-order valence-electron chi connectivity index (χ3n) is 5.12. The fourth-order valence-electron chi connectivity index (χ4n) is 3.67. The number of aromatic nitrogens is 1. The quantitative estimate of drug-likeness (QED) is 0.684. The molecule has 2 aromatic rings. The SMILES string of the molecule is O=C1NC(=O)C2CC(S(=O)(=O)Nc3ccc(Oc4cccnc4)cc3)CCC2N1. The molecule has 1 aliphatic heterocycles. The molecule has 3 atom stereocenters. The molecule has 1 saturated carbocycles. The first-order chi connectivity index (χ1) is 13.9. The molecule has 3 N–H and O–H groups in total. The molecule has 3 amide bonds. The molecule has 2 fully saturated rings. The molecule has 3 unspecified atom stereocenters. The van der Waals surface area contributed by atoms with Crippen LogP contribution >= 0.6 is 0 Å². The zero-order valence-corrected chi connectivity index (χ0v) is 16.2. The Morgan fingerprint density at radius 3 is 2.59 bits per heavy atom. The second-order valence-corrected chi connectivity index (χ2v) is 9.03. The maximum Gasteiger partial charge on any atom is 0.321 e. The molecule has 1 saturated heterocycles. The van der Waals surface area contributed by atoms with Crippen molar-refractivity contribution in [2.75, 3.05) is 4.72 Å². The fourth-order valence-corrected chi connectivity index (χ4v) is 5.21. The van der Waals surface area contributed by atoms with E-state index in [1.54, 1.807) is 48.8 Å². The molecule has 2 aliphatic rings. The number of pyridine rings is 1. The van der Waals surface area contributed by atoms with Gasteiger partial charge in [0.1, 0.15) is 11.5 Å². The number of imide groups is 1. The summed E-state index contributed by atoms with van der Waals surface area (Å²) in [6.07, 6.45) is 4.19. The number of urea groups is 1. The second-order valence-electron chi connectivity index (χ2n) is 7.07. The maximum atomic E-state index is 12.8. The Labute approximate surface area is 167 Å². The number of nitrogens with zero attached hydrogens (tertiary/aromatic N) is 1. The summed E-state index contributed by atoms with van der Waals surface area (Å²) < 4.78 is 33.8. The Bertz CT molecular complexity index is 1010. The van der Waals surface area contributed by atoms with E-state index in [0.29, 0.717) is 30.0 Å². The summed E-state index contributed by atoms with van der Waals surface area (Å²) in [6, 6.07) is 9.23. The standard InChI is InChI=1S/C19H20N4O5S/c24-18-16-10-15(7-8-17(16)21-19(25)22-18)29(26,27)23-12-3-5-13(6-4-12)28-14-2-1-9-20-11-14/h1-6,9,11,15-17,23H,7-8,10H2,(H2,21,22,24,25). The summed E-state index contributed by atoms with van der Waals surface area (Å²) in [5.41, 5.74) is 0.409. The number of carbonyl (C=O) groups is 2. The lowest BCUT2D eigenvalue weighted by Gasteiger charge is -2.38. The Hall–Kier alpha value is -3.14. The van der Waals surface area contributed by atoms with Gasteiger partial charge in [0.15, 0.2) is 0 Å². The van der Waals surface area contributed by atoms with Crippen molar-refractivity contribution in [2.24, 2.45) is 5.92 Å². The molecular weight excluding hydrogens is 396 g/mol. The Kier molecular flexibility index (Phi) is 5.10. The number of carbonyl (C=O) groups excluding carboxylic acids is 2. The van der Waals surface area contributed by atoms with Gasteiger partial charge < -0.3 is 10.1 Å². The van der Waals surface area contributed by atoms with E-state index in [1.165, 1.54) is 0 Å². The Balaban J connectivity index is 1.41. The lowest BCUT2D eigenvalue weighted by atomic mass is 9.82. The number of anilines is 1.